The van der Waals surface area contributed by atoms with Crippen molar-refractivity contribution in [3.05, 3.63) is 35.9 Å². The SMILES string of the molecule is COC(N)C[C@H]1CC[C@@H](c2ccccc2)CNC1=O. The Morgan fingerprint density at radius 2 is 2.11 bits per heavy atom. The Balaban J connectivity index is 1.99. The van der Waals surface area contributed by atoms with Crippen LogP contribution in [0.5, 0.6) is 0 Å². The van der Waals surface area contributed by atoms with Crippen molar-refractivity contribution in [1.82, 2.24) is 5.32 Å². The molecule has 1 unspecified atom stereocenters. The highest BCUT2D eigenvalue weighted by atomic mass is 16.5. The summed E-state index contributed by atoms with van der Waals surface area (Å²) in [5, 5.41) is 3.02. The number of rotatable bonds is 4. The number of nitrogens with one attached hydrogen (secondary N) is 1. The van der Waals surface area contributed by atoms with E-state index in [-0.39, 0.29) is 18.1 Å². The summed E-state index contributed by atoms with van der Waals surface area (Å²) in [6.45, 7) is 0.710. The monoisotopic (exact) mass is 262 g/mol. The van der Waals surface area contributed by atoms with E-state index in [0.29, 0.717) is 18.9 Å². The molecule has 0 saturated carbocycles. The first-order valence-corrected chi connectivity index (χ1v) is 6.81. The third kappa shape index (κ3) is 3.78. The van der Waals surface area contributed by atoms with E-state index in [9.17, 15) is 4.79 Å². The zero-order valence-corrected chi connectivity index (χ0v) is 11.3. The van der Waals surface area contributed by atoms with Crippen LogP contribution in [0.2, 0.25) is 0 Å². The number of hydrogen-bond donors (Lipinski definition) is 2. The minimum atomic E-state index is -0.357. The molecular weight excluding hydrogens is 240 g/mol. The maximum Gasteiger partial charge on any atom is 0.223 e. The van der Waals surface area contributed by atoms with Gasteiger partial charge in [0.15, 0.2) is 0 Å². The van der Waals surface area contributed by atoms with Crippen LogP contribution in [0.4, 0.5) is 0 Å². The molecule has 1 aromatic rings. The highest BCUT2D eigenvalue weighted by Crippen LogP contribution is 2.27. The lowest BCUT2D eigenvalue weighted by atomic mass is 9.91. The average molecular weight is 262 g/mol. The molecule has 0 aliphatic carbocycles. The molecule has 19 heavy (non-hydrogen) atoms. The van der Waals surface area contributed by atoms with Crippen molar-refractivity contribution in [2.75, 3.05) is 13.7 Å². The first kappa shape index (κ1) is 14.0. The molecule has 4 heteroatoms. The minimum Gasteiger partial charge on any atom is -0.367 e. The summed E-state index contributed by atoms with van der Waals surface area (Å²) in [6, 6.07) is 10.3. The fourth-order valence-corrected chi connectivity index (χ4v) is 2.61. The molecule has 3 atom stereocenters. The predicted molar refractivity (Wildman–Crippen MR) is 74.5 cm³/mol. The lowest BCUT2D eigenvalue weighted by molar-refractivity contribution is -0.125. The average Bonchev–Trinajstić information content (AvgIpc) is 2.63. The largest absolute Gasteiger partial charge is 0.367 e. The van der Waals surface area contributed by atoms with E-state index in [2.05, 4.69) is 17.4 Å². The zero-order chi connectivity index (χ0) is 13.7. The van der Waals surface area contributed by atoms with E-state index in [1.165, 1.54) is 5.56 Å². The third-order valence-electron chi connectivity index (χ3n) is 3.85. The summed E-state index contributed by atoms with van der Waals surface area (Å²) in [5.41, 5.74) is 7.05. The molecule has 4 nitrogen and oxygen atoms in total. The molecule has 1 fully saturated rings. The minimum absolute atomic E-state index is 0.0383. The number of nitrogens with two attached hydrogens (primary N) is 1. The number of amides is 1. The molecule has 0 spiro atoms. The van der Waals surface area contributed by atoms with Gasteiger partial charge in [-0.2, -0.15) is 0 Å². The summed E-state index contributed by atoms with van der Waals surface area (Å²) in [4.78, 5) is 12.0. The van der Waals surface area contributed by atoms with E-state index >= 15 is 0 Å². The van der Waals surface area contributed by atoms with Crippen molar-refractivity contribution >= 4 is 5.91 Å². The molecule has 2 rings (SSSR count). The molecule has 1 aromatic carbocycles. The zero-order valence-electron chi connectivity index (χ0n) is 11.3. The molecule has 3 N–H and O–H groups in total. The molecule has 104 valence electrons. The summed E-state index contributed by atoms with van der Waals surface area (Å²) in [7, 11) is 1.58. The third-order valence-corrected chi connectivity index (χ3v) is 3.85. The van der Waals surface area contributed by atoms with Gasteiger partial charge in [-0.05, 0) is 24.8 Å². The molecule has 0 radical (unpaired) electrons. The molecular formula is C15H22N2O2. The summed E-state index contributed by atoms with van der Waals surface area (Å²) in [5.74, 6) is 0.462. The van der Waals surface area contributed by atoms with Crippen LogP contribution in [-0.4, -0.2) is 25.8 Å². The molecule has 1 saturated heterocycles. The Hall–Kier alpha value is -1.39. The number of hydrogen-bond acceptors (Lipinski definition) is 3. The summed E-state index contributed by atoms with van der Waals surface area (Å²) < 4.78 is 5.05. The number of carbonyl (C=O) groups excluding carboxylic acids is 1. The normalized spacial score (nSPS) is 25.5. The fraction of sp³-hybridized carbons (Fsp3) is 0.533. The maximum absolute atomic E-state index is 12.0. The van der Waals surface area contributed by atoms with Gasteiger partial charge in [0, 0.05) is 25.5 Å². The van der Waals surface area contributed by atoms with Crippen LogP contribution in [-0.2, 0) is 9.53 Å². The van der Waals surface area contributed by atoms with Gasteiger partial charge in [-0.1, -0.05) is 30.3 Å². The molecule has 0 aromatic heterocycles. The van der Waals surface area contributed by atoms with Crippen molar-refractivity contribution in [3.8, 4) is 0 Å². The van der Waals surface area contributed by atoms with Crippen LogP contribution in [0.1, 0.15) is 30.7 Å². The molecule has 1 heterocycles. The fourth-order valence-electron chi connectivity index (χ4n) is 2.61. The van der Waals surface area contributed by atoms with Crippen molar-refractivity contribution in [2.24, 2.45) is 11.7 Å². The van der Waals surface area contributed by atoms with Gasteiger partial charge in [0.05, 0.1) is 0 Å². The molecule has 1 amide bonds. The van der Waals surface area contributed by atoms with E-state index in [1.54, 1.807) is 7.11 Å². The highest BCUT2D eigenvalue weighted by Gasteiger charge is 2.27. The second-order valence-corrected chi connectivity index (χ2v) is 5.14. The summed E-state index contributed by atoms with van der Waals surface area (Å²) >= 11 is 0. The first-order chi connectivity index (χ1) is 9.20. The van der Waals surface area contributed by atoms with Crippen LogP contribution in [0.15, 0.2) is 30.3 Å². The van der Waals surface area contributed by atoms with Crippen LogP contribution in [0.25, 0.3) is 0 Å². The van der Waals surface area contributed by atoms with Crippen LogP contribution < -0.4 is 11.1 Å². The smallest absolute Gasteiger partial charge is 0.223 e. The number of ether oxygens (including phenoxy) is 1. The van der Waals surface area contributed by atoms with Gasteiger partial charge >= 0.3 is 0 Å². The molecule has 0 bridgehead atoms. The summed E-state index contributed by atoms with van der Waals surface area (Å²) in [6.07, 6.45) is 2.10. The van der Waals surface area contributed by atoms with Crippen molar-refractivity contribution in [3.63, 3.8) is 0 Å². The lowest BCUT2D eigenvalue weighted by Gasteiger charge is -2.16. The quantitative estimate of drug-likeness (QED) is 0.810. The van der Waals surface area contributed by atoms with Gasteiger partial charge in [-0.25, -0.2) is 0 Å². The Morgan fingerprint density at radius 1 is 1.37 bits per heavy atom. The van der Waals surface area contributed by atoms with E-state index < -0.39 is 0 Å². The van der Waals surface area contributed by atoms with E-state index in [0.717, 1.165) is 12.8 Å². The van der Waals surface area contributed by atoms with Gasteiger partial charge < -0.3 is 15.8 Å². The Labute approximate surface area is 114 Å². The second kappa shape index (κ2) is 6.68. The van der Waals surface area contributed by atoms with E-state index in [1.807, 2.05) is 18.2 Å². The number of methoxy groups -OCH3 is 1. The van der Waals surface area contributed by atoms with Crippen LogP contribution >= 0.6 is 0 Å². The Bertz CT molecular complexity index is 408. The maximum atomic E-state index is 12.0. The van der Waals surface area contributed by atoms with Crippen LogP contribution in [0.3, 0.4) is 0 Å². The Morgan fingerprint density at radius 3 is 2.79 bits per heavy atom. The predicted octanol–water partition coefficient (Wildman–Crippen LogP) is 1.62. The van der Waals surface area contributed by atoms with Crippen molar-refractivity contribution < 1.29 is 9.53 Å². The van der Waals surface area contributed by atoms with Gasteiger partial charge in [0.1, 0.15) is 6.23 Å². The standard InChI is InChI=1S/C15H22N2O2/c1-19-14(16)9-12-7-8-13(10-17-15(12)18)11-5-3-2-4-6-11/h2-6,12-14H,7-10,16H2,1H3,(H,17,18)/t12-,13-,14?/m1/s1. The number of benzene rings is 1. The topological polar surface area (TPSA) is 64.3 Å². The van der Waals surface area contributed by atoms with E-state index in [4.69, 9.17) is 10.5 Å². The van der Waals surface area contributed by atoms with Gasteiger partial charge in [-0.3, -0.25) is 4.79 Å². The van der Waals surface area contributed by atoms with Gasteiger partial charge in [0.2, 0.25) is 5.91 Å². The van der Waals surface area contributed by atoms with Crippen molar-refractivity contribution in [1.29, 1.82) is 0 Å². The highest BCUT2D eigenvalue weighted by molar-refractivity contribution is 5.79. The lowest BCUT2D eigenvalue weighted by Crippen LogP contribution is -2.34. The Kier molecular flexibility index (Phi) is 4.93. The van der Waals surface area contributed by atoms with Crippen molar-refractivity contribution in [2.45, 2.75) is 31.4 Å². The van der Waals surface area contributed by atoms with Crippen LogP contribution in [0, 0.1) is 5.92 Å². The second-order valence-electron chi connectivity index (χ2n) is 5.14. The first-order valence-electron chi connectivity index (χ1n) is 6.81. The molecule has 1 aliphatic rings. The van der Waals surface area contributed by atoms with Gasteiger partial charge in [-0.15, -0.1) is 0 Å². The molecule has 1 aliphatic heterocycles. The number of carbonyl (C=O) groups is 1. The van der Waals surface area contributed by atoms with Gasteiger partial charge in [0.25, 0.3) is 0 Å².